The number of rotatable bonds is 6. The van der Waals surface area contributed by atoms with Crippen molar-refractivity contribution >= 4 is 12.6 Å². The second kappa shape index (κ2) is 6.54. The third kappa shape index (κ3) is 7.19. The zero-order valence-electron chi connectivity index (χ0n) is 7.60. The van der Waals surface area contributed by atoms with Crippen molar-refractivity contribution in [3.63, 3.8) is 0 Å². The smallest absolute Gasteiger partial charge is 0.369 e. The van der Waals surface area contributed by atoms with Crippen molar-refractivity contribution < 1.29 is 17.9 Å². The van der Waals surface area contributed by atoms with Gasteiger partial charge >= 0.3 is 6.18 Å². The first-order chi connectivity index (χ1) is 5.98. The first-order valence-corrected chi connectivity index (χ1v) is 4.91. The molecule has 0 aromatic rings. The van der Waals surface area contributed by atoms with Gasteiger partial charge < -0.3 is 4.74 Å². The normalized spacial score (nSPS) is 14.5. The van der Waals surface area contributed by atoms with E-state index in [1.165, 1.54) is 0 Å². The molecule has 1 nitrogen and oxygen atoms in total. The standard InChI is InChI=1S/C8H15F3OS/c1-7(8(9,10)11)12-5-3-2-4-6-13/h7,13H,2-6H2,1H3. The number of hydrogen-bond acceptors (Lipinski definition) is 2. The Morgan fingerprint density at radius 2 is 1.85 bits per heavy atom. The number of unbranched alkanes of at least 4 members (excludes halogenated alkanes) is 2. The Morgan fingerprint density at radius 3 is 2.31 bits per heavy atom. The molecule has 0 aliphatic heterocycles. The highest BCUT2D eigenvalue weighted by atomic mass is 32.1. The molecule has 0 amide bonds. The predicted molar refractivity (Wildman–Crippen MR) is 49.2 cm³/mol. The topological polar surface area (TPSA) is 9.23 Å². The van der Waals surface area contributed by atoms with Gasteiger partial charge in [-0.1, -0.05) is 6.42 Å². The number of thiol groups is 1. The van der Waals surface area contributed by atoms with Crippen LogP contribution >= 0.6 is 12.6 Å². The average Bonchev–Trinajstić information content (AvgIpc) is 2.02. The van der Waals surface area contributed by atoms with Crippen LogP contribution in [0.1, 0.15) is 26.2 Å². The summed E-state index contributed by atoms with van der Waals surface area (Å²) in [6.07, 6.45) is -3.42. The molecule has 0 radical (unpaired) electrons. The van der Waals surface area contributed by atoms with E-state index in [0.29, 0.717) is 6.42 Å². The summed E-state index contributed by atoms with van der Waals surface area (Å²) in [5, 5.41) is 0. The van der Waals surface area contributed by atoms with Gasteiger partial charge in [0, 0.05) is 6.61 Å². The van der Waals surface area contributed by atoms with Crippen molar-refractivity contribution in [2.45, 2.75) is 38.5 Å². The number of alkyl halides is 3. The molecule has 0 aliphatic carbocycles. The monoisotopic (exact) mass is 216 g/mol. The van der Waals surface area contributed by atoms with Gasteiger partial charge in [0.2, 0.25) is 0 Å². The predicted octanol–water partition coefficient (Wildman–Crippen LogP) is 3.05. The van der Waals surface area contributed by atoms with Gasteiger partial charge in [-0.25, -0.2) is 0 Å². The molecular weight excluding hydrogens is 201 g/mol. The van der Waals surface area contributed by atoms with Crippen LogP contribution in [0, 0.1) is 0 Å². The molecule has 0 rings (SSSR count). The first kappa shape index (κ1) is 13.1. The summed E-state index contributed by atoms with van der Waals surface area (Å²) in [6.45, 7) is 1.20. The SMILES string of the molecule is CC(OCCCCCS)C(F)(F)F. The van der Waals surface area contributed by atoms with Crippen molar-refractivity contribution in [2.24, 2.45) is 0 Å². The van der Waals surface area contributed by atoms with Crippen LogP contribution in [0.3, 0.4) is 0 Å². The summed E-state index contributed by atoms with van der Waals surface area (Å²) in [7, 11) is 0. The molecule has 0 saturated carbocycles. The quantitative estimate of drug-likeness (QED) is 0.530. The van der Waals surface area contributed by atoms with Crippen molar-refractivity contribution in [3.8, 4) is 0 Å². The lowest BCUT2D eigenvalue weighted by Gasteiger charge is -2.15. The lowest BCUT2D eigenvalue weighted by atomic mass is 10.2. The highest BCUT2D eigenvalue weighted by Gasteiger charge is 2.36. The van der Waals surface area contributed by atoms with Crippen LogP contribution in [0.2, 0.25) is 0 Å². The summed E-state index contributed by atoms with van der Waals surface area (Å²) in [5.74, 6) is 0.773. The van der Waals surface area contributed by atoms with E-state index in [2.05, 4.69) is 17.4 Å². The summed E-state index contributed by atoms with van der Waals surface area (Å²) in [6, 6.07) is 0. The van der Waals surface area contributed by atoms with E-state index < -0.39 is 12.3 Å². The van der Waals surface area contributed by atoms with Crippen molar-refractivity contribution in [1.82, 2.24) is 0 Å². The Kier molecular flexibility index (Phi) is 6.59. The van der Waals surface area contributed by atoms with Crippen molar-refractivity contribution in [2.75, 3.05) is 12.4 Å². The molecule has 0 bridgehead atoms. The van der Waals surface area contributed by atoms with E-state index in [-0.39, 0.29) is 6.61 Å². The van der Waals surface area contributed by atoms with Crippen LogP contribution in [0.15, 0.2) is 0 Å². The minimum absolute atomic E-state index is 0.175. The molecule has 0 N–H and O–H groups in total. The zero-order chi connectivity index (χ0) is 10.3. The summed E-state index contributed by atoms with van der Waals surface area (Å²) < 4.78 is 40.3. The van der Waals surface area contributed by atoms with E-state index >= 15 is 0 Å². The molecule has 1 atom stereocenters. The van der Waals surface area contributed by atoms with E-state index in [4.69, 9.17) is 0 Å². The molecule has 0 aromatic carbocycles. The van der Waals surface area contributed by atoms with E-state index in [9.17, 15) is 13.2 Å². The second-order valence-corrected chi connectivity index (χ2v) is 3.29. The van der Waals surface area contributed by atoms with Crippen LogP contribution in [0.25, 0.3) is 0 Å². The first-order valence-electron chi connectivity index (χ1n) is 4.27. The third-order valence-corrected chi connectivity index (χ3v) is 1.95. The van der Waals surface area contributed by atoms with Crippen LogP contribution in [0.4, 0.5) is 13.2 Å². The number of halogens is 3. The Balaban J connectivity index is 3.32. The van der Waals surface area contributed by atoms with Crippen LogP contribution in [-0.2, 0) is 4.74 Å². The Hall–Kier alpha value is 0.100. The highest BCUT2D eigenvalue weighted by Crippen LogP contribution is 2.22. The van der Waals surface area contributed by atoms with E-state index in [1.54, 1.807) is 0 Å². The maximum absolute atomic E-state index is 11.9. The zero-order valence-corrected chi connectivity index (χ0v) is 8.50. The molecule has 13 heavy (non-hydrogen) atoms. The van der Waals surface area contributed by atoms with Gasteiger partial charge in [-0.15, -0.1) is 0 Å². The molecule has 1 unspecified atom stereocenters. The molecule has 0 spiro atoms. The van der Waals surface area contributed by atoms with E-state index in [0.717, 1.165) is 25.5 Å². The third-order valence-electron chi connectivity index (χ3n) is 1.63. The maximum Gasteiger partial charge on any atom is 0.414 e. The molecular formula is C8H15F3OS. The molecule has 0 fully saturated rings. The Morgan fingerprint density at radius 1 is 1.23 bits per heavy atom. The van der Waals surface area contributed by atoms with Gasteiger partial charge in [0.15, 0.2) is 6.10 Å². The van der Waals surface area contributed by atoms with Gasteiger partial charge in [-0.05, 0) is 25.5 Å². The fraction of sp³-hybridized carbons (Fsp3) is 1.00. The Labute approximate surface area is 82.1 Å². The van der Waals surface area contributed by atoms with Crippen LogP contribution < -0.4 is 0 Å². The van der Waals surface area contributed by atoms with Gasteiger partial charge in [0.1, 0.15) is 0 Å². The molecule has 0 heterocycles. The molecule has 0 saturated heterocycles. The van der Waals surface area contributed by atoms with Gasteiger partial charge in [-0.2, -0.15) is 25.8 Å². The summed E-state index contributed by atoms with van der Waals surface area (Å²) in [5.41, 5.74) is 0. The lowest BCUT2D eigenvalue weighted by Crippen LogP contribution is -2.28. The number of hydrogen-bond donors (Lipinski definition) is 1. The molecule has 80 valence electrons. The fourth-order valence-electron chi connectivity index (χ4n) is 0.745. The largest absolute Gasteiger partial charge is 0.414 e. The fourth-order valence-corrected chi connectivity index (χ4v) is 0.969. The van der Waals surface area contributed by atoms with Gasteiger partial charge in [0.25, 0.3) is 0 Å². The van der Waals surface area contributed by atoms with E-state index in [1.807, 2.05) is 0 Å². The number of ether oxygens (including phenoxy) is 1. The second-order valence-electron chi connectivity index (χ2n) is 2.84. The van der Waals surface area contributed by atoms with Crippen molar-refractivity contribution in [3.05, 3.63) is 0 Å². The van der Waals surface area contributed by atoms with Crippen molar-refractivity contribution in [1.29, 1.82) is 0 Å². The molecule has 0 aliphatic rings. The summed E-state index contributed by atoms with van der Waals surface area (Å²) in [4.78, 5) is 0. The molecule has 0 aromatic heterocycles. The minimum Gasteiger partial charge on any atom is -0.369 e. The maximum atomic E-state index is 11.9. The molecule has 5 heteroatoms. The van der Waals surface area contributed by atoms with Crippen LogP contribution in [-0.4, -0.2) is 24.6 Å². The van der Waals surface area contributed by atoms with Gasteiger partial charge in [-0.3, -0.25) is 0 Å². The Bertz CT molecular complexity index is 127. The van der Waals surface area contributed by atoms with Crippen LogP contribution in [0.5, 0.6) is 0 Å². The van der Waals surface area contributed by atoms with Gasteiger partial charge in [0.05, 0.1) is 0 Å². The lowest BCUT2D eigenvalue weighted by molar-refractivity contribution is -0.214. The highest BCUT2D eigenvalue weighted by molar-refractivity contribution is 7.80. The minimum atomic E-state index is -4.23. The summed E-state index contributed by atoms with van der Waals surface area (Å²) >= 11 is 3.99. The average molecular weight is 216 g/mol.